The summed E-state index contributed by atoms with van der Waals surface area (Å²) in [7, 11) is 0. The van der Waals surface area contributed by atoms with E-state index in [-0.39, 0.29) is 13.0 Å². The van der Waals surface area contributed by atoms with Gasteiger partial charge >= 0.3 is 0 Å². The number of aromatic hydroxyl groups is 3. The van der Waals surface area contributed by atoms with Gasteiger partial charge in [0.1, 0.15) is 0 Å². The smallest absolute Gasteiger partial charge is 0.207 e. The van der Waals surface area contributed by atoms with Crippen molar-refractivity contribution >= 4 is 0 Å². The zero-order valence-corrected chi connectivity index (χ0v) is 7.17. The third-order valence-electron chi connectivity index (χ3n) is 1.71. The first-order valence-electron chi connectivity index (χ1n) is 3.86. The Kier molecular flexibility index (Phi) is 2.76. The zero-order valence-electron chi connectivity index (χ0n) is 7.17. The monoisotopic (exact) mass is 199 g/mol. The second-order valence-electron chi connectivity index (χ2n) is 2.79. The van der Waals surface area contributed by atoms with Gasteiger partial charge in [-0.05, 0) is 17.7 Å². The third kappa shape index (κ3) is 2.25. The van der Waals surface area contributed by atoms with Crippen LogP contribution in [0.2, 0.25) is 0 Å². The van der Waals surface area contributed by atoms with E-state index >= 15 is 0 Å². The lowest BCUT2D eigenvalue weighted by molar-refractivity contribution is -0.479. The van der Waals surface area contributed by atoms with Crippen molar-refractivity contribution in [3.05, 3.63) is 27.8 Å². The average Bonchev–Trinajstić information content (AvgIpc) is 2.10. The highest BCUT2D eigenvalue weighted by atomic mass is 16.6. The quantitative estimate of drug-likeness (QED) is 0.376. The maximum atomic E-state index is 10.0. The van der Waals surface area contributed by atoms with Gasteiger partial charge in [0.15, 0.2) is 17.2 Å². The predicted molar refractivity (Wildman–Crippen MR) is 47.0 cm³/mol. The van der Waals surface area contributed by atoms with Crippen molar-refractivity contribution in [2.24, 2.45) is 0 Å². The Labute approximate surface area is 79.2 Å². The number of nitrogens with zero attached hydrogens (tertiary/aromatic N) is 1. The van der Waals surface area contributed by atoms with Crippen molar-refractivity contribution < 1.29 is 20.2 Å². The van der Waals surface area contributed by atoms with Gasteiger partial charge in [0, 0.05) is 11.3 Å². The largest absolute Gasteiger partial charge is 0.504 e. The van der Waals surface area contributed by atoms with E-state index in [4.69, 9.17) is 15.3 Å². The molecule has 1 rings (SSSR count). The number of hydrogen-bond donors (Lipinski definition) is 3. The second kappa shape index (κ2) is 3.82. The fourth-order valence-corrected chi connectivity index (χ4v) is 1.03. The van der Waals surface area contributed by atoms with E-state index in [1.807, 2.05) is 0 Å². The molecule has 0 saturated heterocycles. The Morgan fingerprint density at radius 1 is 1.21 bits per heavy atom. The Bertz CT molecular complexity index is 340. The number of phenols is 3. The first-order chi connectivity index (χ1) is 6.50. The van der Waals surface area contributed by atoms with Crippen LogP contribution < -0.4 is 0 Å². The highest BCUT2D eigenvalue weighted by molar-refractivity contribution is 5.51. The van der Waals surface area contributed by atoms with E-state index in [1.165, 1.54) is 12.1 Å². The van der Waals surface area contributed by atoms with E-state index in [9.17, 15) is 10.1 Å². The van der Waals surface area contributed by atoms with Gasteiger partial charge in [-0.15, -0.1) is 0 Å². The van der Waals surface area contributed by atoms with Gasteiger partial charge in [-0.1, -0.05) is 0 Å². The second-order valence-corrected chi connectivity index (χ2v) is 2.79. The topological polar surface area (TPSA) is 104 Å². The van der Waals surface area contributed by atoms with E-state index in [0.29, 0.717) is 5.56 Å². The Hall–Kier alpha value is -1.98. The molecular weight excluding hydrogens is 190 g/mol. The summed E-state index contributed by atoms with van der Waals surface area (Å²) in [5.74, 6) is -1.58. The molecular formula is C8H9NO5. The molecule has 6 nitrogen and oxygen atoms in total. The van der Waals surface area contributed by atoms with E-state index < -0.39 is 22.2 Å². The summed E-state index contributed by atoms with van der Waals surface area (Å²) >= 11 is 0. The Morgan fingerprint density at radius 3 is 2.14 bits per heavy atom. The summed E-state index contributed by atoms with van der Waals surface area (Å²) in [6.07, 6.45) is 0.0917. The molecule has 0 saturated carbocycles. The Morgan fingerprint density at radius 2 is 1.71 bits per heavy atom. The molecule has 0 radical (unpaired) electrons. The van der Waals surface area contributed by atoms with Crippen LogP contribution in [0.3, 0.4) is 0 Å². The predicted octanol–water partition coefficient (Wildman–Crippen LogP) is 0.623. The maximum Gasteiger partial charge on any atom is 0.207 e. The minimum absolute atomic E-state index is 0.0917. The third-order valence-corrected chi connectivity index (χ3v) is 1.71. The molecule has 0 atom stereocenters. The van der Waals surface area contributed by atoms with E-state index in [1.54, 1.807) is 0 Å². The molecule has 3 N–H and O–H groups in total. The van der Waals surface area contributed by atoms with Gasteiger partial charge in [-0.2, -0.15) is 0 Å². The standard InChI is InChI=1S/C8H9NO5/c10-6-3-5(1-2-9(13)14)4-7(11)8(6)12/h3-4,10-12H,1-2H2. The summed E-state index contributed by atoms with van der Waals surface area (Å²) in [4.78, 5) is 9.54. The highest BCUT2D eigenvalue weighted by Gasteiger charge is 2.09. The van der Waals surface area contributed by atoms with Gasteiger partial charge in [-0.25, -0.2) is 0 Å². The summed E-state index contributed by atoms with van der Waals surface area (Å²) in [5, 5.41) is 37.1. The summed E-state index contributed by atoms with van der Waals surface area (Å²) in [6, 6.07) is 2.36. The van der Waals surface area contributed by atoms with Gasteiger partial charge in [0.25, 0.3) is 0 Å². The van der Waals surface area contributed by atoms with Crippen LogP contribution in [0.5, 0.6) is 17.2 Å². The van der Waals surface area contributed by atoms with Crippen molar-refractivity contribution in [1.82, 2.24) is 0 Å². The molecule has 0 aliphatic heterocycles. The van der Waals surface area contributed by atoms with Crippen LogP contribution in [0.15, 0.2) is 12.1 Å². The molecule has 0 bridgehead atoms. The summed E-state index contributed by atoms with van der Waals surface area (Å²) in [5.41, 5.74) is 0.398. The molecule has 0 amide bonds. The van der Waals surface area contributed by atoms with E-state index in [2.05, 4.69) is 0 Å². The fraction of sp³-hybridized carbons (Fsp3) is 0.250. The molecule has 0 unspecified atom stereocenters. The number of rotatable bonds is 3. The first kappa shape index (κ1) is 10.1. The van der Waals surface area contributed by atoms with Crippen molar-refractivity contribution in [3.8, 4) is 17.2 Å². The van der Waals surface area contributed by atoms with Gasteiger partial charge in [-0.3, -0.25) is 10.1 Å². The minimum Gasteiger partial charge on any atom is -0.504 e. The SMILES string of the molecule is O=[N+]([O-])CCc1cc(O)c(O)c(O)c1. The molecule has 76 valence electrons. The van der Waals surface area contributed by atoms with Crippen molar-refractivity contribution in [2.45, 2.75) is 6.42 Å². The summed E-state index contributed by atoms with van der Waals surface area (Å²) < 4.78 is 0. The van der Waals surface area contributed by atoms with Gasteiger partial charge < -0.3 is 15.3 Å². The molecule has 0 aliphatic rings. The lowest BCUT2D eigenvalue weighted by Crippen LogP contribution is -2.03. The molecule has 6 heteroatoms. The number of phenolic OH excluding ortho intramolecular Hbond substituents is 3. The van der Waals surface area contributed by atoms with E-state index in [0.717, 1.165) is 0 Å². The molecule has 0 fully saturated rings. The van der Waals surface area contributed by atoms with Crippen molar-refractivity contribution in [1.29, 1.82) is 0 Å². The van der Waals surface area contributed by atoms with Gasteiger partial charge in [0.05, 0.1) is 0 Å². The van der Waals surface area contributed by atoms with Crippen LogP contribution in [-0.4, -0.2) is 26.8 Å². The van der Waals surface area contributed by atoms with Crippen molar-refractivity contribution in [3.63, 3.8) is 0 Å². The van der Waals surface area contributed by atoms with Crippen LogP contribution in [-0.2, 0) is 6.42 Å². The number of hydrogen-bond acceptors (Lipinski definition) is 5. The molecule has 0 aliphatic carbocycles. The van der Waals surface area contributed by atoms with Gasteiger partial charge in [0.2, 0.25) is 6.54 Å². The molecule has 0 aromatic heterocycles. The first-order valence-corrected chi connectivity index (χ1v) is 3.86. The molecule has 0 spiro atoms. The average molecular weight is 199 g/mol. The van der Waals surface area contributed by atoms with Crippen LogP contribution in [0.4, 0.5) is 0 Å². The van der Waals surface area contributed by atoms with Crippen LogP contribution in [0.1, 0.15) is 5.56 Å². The summed E-state index contributed by atoms with van der Waals surface area (Å²) in [6.45, 7) is -0.288. The normalized spacial score (nSPS) is 10.0. The van der Waals surface area contributed by atoms with Crippen molar-refractivity contribution in [2.75, 3.05) is 6.54 Å². The fourth-order valence-electron chi connectivity index (χ4n) is 1.03. The lowest BCUT2D eigenvalue weighted by atomic mass is 10.1. The highest BCUT2D eigenvalue weighted by Crippen LogP contribution is 2.35. The number of nitro groups is 1. The molecule has 1 aromatic carbocycles. The molecule has 0 heterocycles. The maximum absolute atomic E-state index is 10.0. The van der Waals surface area contributed by atoms with Crippen LogP contribution in [0.25, 0.3) is 0 Å². The van der Waals surface area contributed by atoms with Crippen LogP contribution >= 0.6 is 0 Å². The minimum atomic E-state index is -0.616. The lowest BCUT2D eigenvalue weighted by Gasteiger charge is -2.03. The number of benzene rings is 1. The van der Waals surface area contributed by atoms with Crippen LogP contribution in [0, 0.1) is 10.1 Å². The molecule has 14 heavy (non-hydrogen) atoms. The zero-order chi connectivity index (χ0) is 10.7. The molecule has 1 aromatic rings. The Balaban J connectivity index is 2.84.